The fourth-order valence-corrected chi connectivity index (χ4v) is 4.01. The topological polar surface area (TPSA) is 184 Å². The van der Waals surface area contributed by atoms with Gasteiger partial charge in [-0.05, 0) is 32.7 Å². The second-order valence-corrected chi connectivity index (χ2v) is 8.43. The first-order chi connectivity index (χ1) is 13.1. The highest BCUT2D eigenvalue weighted by Crippen LogP contribution is 2.34. The van der Waals surface area contributed by atoms with Gasteiger partial charge in [-0.3, -0.25) is 0 Å². The lowest BCUT2D eigenvalue weighted by Crippen LogP contribution is -2.66. The van der Waals surface area contributed by atoms with E-state index in [2.05, 4.69) is 5.32 Å². The number of hydrogen-bond acceptors (Lipinski definition) is 10. The van der Waals surface area contributed by atoms with Crippen LogP contribution in [-0.4, -0.2) is 99.2 Å². The van der Waals surface area contributed by atoms with Crippen LogP contribution in [-0.2, 0) is 9.47 Å². The SMILES string of the molecule is CCCNC1CC(N)(CO[C@H]2OC(CO)([C@@H](C)O)CC(O)[C@@H]2N)C[C@H](O)[C@@H]1O. The number of ether oxygens (including phenoxy) is 2. The van der Waals surface area contributed by atoms with Gasteiger partial charge in [-0.1, -0.05) is 6.92 Å². The summed E-state index contributed by atoms with van der Waals surface area (Å²) in [5, 5.41) is 53.6. The fourth-order valence-electron chi connectivity index (χ4n) is 4.01. The zero-order valence-electron chi connectivity index (χ0n) is 16.7. The van der Waals surface area contributed by atoms with Crippen molar-refractivity contribution in [2.24, 2.45) is 11.5 Å². The van der Waals surface area contributed by atoms with Gasteiger partial charge in [0, 0.05) is 18.0 Å². The van der Waals surface area contributed by atoms with Gasteiger partial charge in [0.1, 0.15) is 5.60 Å². The third kappa shape index (κ3) is 5.20. The molecule has 0 aromatic heterocycles. The molecular weight excluding hydrogens is 370 g/mol. The van der Waals surface area contributed by atoms with E-state index in [0.29, 0.717) is 13.0 Å². The van der Waals surface area contributed by atoms with E-state index in [-0.39, 0.29) is 25.5 Å². The van der Waals surface area contributed by atoms with E-state index in [4.69, 9.17) is 20.9 Å². The van der Waals surface area contributed by atoms with Gasteiger partial charge in [0.25, 0.3) is 0 Å². The van der Waals surface area contributed by atoms with Crippen LogP contribution in [0.4, 0.5) is 0 Å². The van der Waals surface area contributed by atoms with Crippen molar-refractivity contribution >= 4 is 0 Å². The summed E-state index contributed by atoms with van der Waals surface area (Å²) in [4.78, 5) is 0. The Morgan fingerprint density at radius 2 is 1.89 bits per heavy atom. The fraction of sp³-hybridized carbons (Fsp3) is 1.00. The number of rotatable bonds is 8. The van der Waals surface area contributed by atoms with E-state index in [0.717, 1.165) is 6.42 Å². The first kappa shape index (κ1) is 23.9. The van der Waals surface area contributed by atoms with Crippen molar-refractivity contribution in [3.63, 3.8) is 0 Å². The molecule has 10 nitrogen and oxygen atoms in total. The largest absolute Gasteiger partial charge is 0.393 e. The molecule has 0 radical (unpaired) electrons. The van der Waals surface area contributed by atoms with Crippen LogP contribution in [0.1, 0.15) is 39.5 Å². The van der Waals surface area contributed by atoms with E-state index in [9.17, 15) is 25.5 Å². The molecule has 10 N–H and O–H groups in total. The van der Waals surface area contributed by atoms with Crippen LogP contribution >= 0.6 is 0 Å². The molecule has 2 rings (SSSR count). The summed E-state index contributed by atoms with van der Waals surface area (Å²) in [6.07, 6.45) is -3.74. The van der Waals surface area contributed by atoms with Gasteiger partial charge in [0.05, 0.1) is 43.7 Å². The molecular formula is C18H37N3O7. The summed E-state index contributed by atoms with van der Waals surface area (Å²) in [5.41, 5.74) is 10.1. The highest BCUT2D eigenvalue weighted by Gasteiger charge is 2.50. The Balaban J connectivity index is 2.05. The van der Waals surface area contributed by atoms with Crippen LogP contribution in [0.3, 0.4) is 0 Å². The number of aliphatic hydroxyl groups is 5. The monoisotopic (exact) mass is 407 g/mol. The third-order valence-electron chi connectivity index (χ3n) is 5.93. The Morgan fingerprint density at radius 1 is 1.21 bits per heavy atom. The predicted octanol–water partition coefficient (Wildman–Crippen LogP) is -2.87. The van der Waals surface area contributed by atoms with Crippen LogP contribution in [0.15, 0.2) is 0 Å². The van der Waals surface area contributed by atoms with Crippen LogP contribution in [0.25, 0.3) is 0 Å². The second kappa shape index (κ2) is 9.61. The summed E-state index contributed by atoms with van der Waals surface area (Å²) in [7, 11) is 0. The molecule has 0 aromatic rings. The van der Waals surface area contributed by atoms with E-state index >= 15 is 0 Å². The van der Waals surface area contributed by atoms with Gasteiger partial charge >= 0.3 is 0 Å². The Hall–Kier alpha value is -0.400. The maximum absolute atomic E-state index is 10.3. The lowest BCUT2D eigenvalue weighted by Gasteiger charge is -2.48. The Bertz CT molecular complexity index is 500. The van der Waals surface area contributed by atoms with Crippen molar-refractivity contribution in [1.82, 2.24) is 5.32 Å². The van der Waals surface area contributed by atoms with Gasteiger partial charge in [0.2, 0.25) is 0 Å². The highest BCUT2D eigenvalue weighted by molar-refractivity contribution is 5.02. The third-order valence-corrected chi connectivity index (χ3v) is 5.93. The molecule has 1 saturated heterocycles. The molecule has 1 saturated carbocycles. The molecule has 166 valence electrons. The lowest BCUT2D eigenvalue weighted by atomic mass is 9.77. The number of hydrogen-bond donors (Lipinski definition) is 8. The van der Waals surface area contributed by atoms with Gasteiger partial charge in [-0.25, -0.2) is 0 Å². The van der Waals surface area contributed by atoms with Crippen LogP contribution < -0.4 is 16.8 Å². The van der Waals surface area contributed by atoms with Crippen molar-refractivity contribution in [2.75, 3.05) is 19.8 Å². The highest BCUT2D eigenvalue weighted by atomic mass is 16.7. The molecule has 1 aliphatic carbocycles. The molecule has 0 amide bonds. The maximum Gasteiger partial charge on any atom is 0.176 e. The van der Waals surface area contributed by atoms with Crippen molar-refractivity contribution < 1.29 is 35.0 Å². The first-order valence-electron chi connectivity index (χ1n) is 9.98. The predicted molar refractivity (Wildman–Crippen MR) is 101 cm³/mol. The van der Waals surface area contributed by atoms with Gasteiger partial charge in [0.15, 0.2) is 6.29 Å². The van der Waals surface area contributed by atoms with Crippen molar-refractivity contribution in [2.45, 2.75) is 93.5 Å². The normalized spacial score (nSPS) is 45.8. The average molecular weight is 408 g/mol. The number of nitrogens with two attached hydrogens (primary N) is 2. The molecule has 2 aliphatic rings. The van der Waals surface area contributed by atoms with E-state index < -0.39 is 54.5 Å². The maximum atomic E-state index is 10.3. The van der Waals surface area contributed by atoms with E-state index in [1.807, 2.05) is 6.92 Å². The molecule has 0 spiro atoms. The summed E-state index contributed by atoms with van der Waals surface area (Å²) < 4.78 is 11.5. The van der Waals surface area contributed by atoms with Crippen LogP contribution in [0.5, 0.6) is 0 Å². The minimum atomic E-state index is -1.38. The summed E-state index contributed by atoms with van der Waals surface area (Å²) in [5.74, 6) is 0. The molecule has 1 heterocycles. The van der Waals surface area contributed by atoms with Gasteiger partial charge in [-0.2, -0.15) is 0 Å². The summed E-state index contributed by atoms with van der Waals surface area (Å²) in [6, 6.07) is -1.26. The molecule has 2 fully saturated rings. The van der Waals surface area contributed by atoms with Crippen LogP contribution in [0.2, 0.25) is 0 Å². The second-order valence-electron chi connectivity index (χ2n) is 8.43. The van der Waals surface area contributed by atoms with E-state index in [1.54, 1.807) is 0 Å². The van der Waals surface area contributed by atoms with E-state index in [1.165, 1.54) is 6.92 Å². The van der Waals surface area contributed by atoms with Crippen molar-refractivity contribution in [1.29, 1.82) is 0 Å². The number of aliphatic hydroxyl groups excluding tert-OH is 5. The minimum absolute atomic E-state index is 0.0239. The standard InChI is InChI=1S/C18H37N3O7/c1-3-4-21-11-5-17(20,6-13(25)15(11)26)9-27-16-14(19)12(24)7-18(8-22,28-16)10(2)23/h10-16,21-26H,3-9,19-20H2,1-2H3/t10-,11?,12?,13+,14+,15-,16+,17?,18?/m1/s1. The summed E-state index contributed by atoms with van der Waals surface area (Å²) in [6.45, 7) is 3.61. The molecule has 0 bridgehead atoms. The molecule has 1 aliphatic heterocycles. The molecule has 0 aromatic carbocycles. The quantitative estimate of drug-likeness (QED) is 0.208. The van der Waals surface area contributed by atoms with Gasteiger partial charge < -0.3 is 51.8 Å². The Kier molecular flexibility index (Phi) is 8.19. The number of nitrogens with one attached hydrogen (secondary N) is 1. The molecule has 10 heteroatoms. The first-order valence-corrected chi connectivity index (χ1v) is 9.98. The van der Waals surface area contributed by atoms with Crippen LogP contribution in [0, 0.1) is 0 Å². The smallest absolute Gasteiger partial charge is 0.176 e. The Labute approximate surface area is 165 Å². The minimum Gasteiger partial charge on any atom is -0.393 e. The van der Waals surface area contributed by atoms with Crippen molar-refractivity contribution in [3.05, 3.63) is 0 Å². The molecule has 4 unspecified atom stereocenters. The molecule has 28 heavy (non-hydrogen) atoms. The Morgan fingerprint density at radius 3 is 2.46 bits per heavy atom. The zero-order chi connectivity index (χ0) is 21.1. The zero-order valence-corrected chi connectivity index (χ0v) is 16.7. The van der Waals surface area contributed by atoms with Gasteiger partial charge in [-0.15, -0.1) is 0 Å². The summed E-state index contributed by atoms with van der Waals surface area (Å²) >= 11 is 0. The average Bonchev–Trinajstić information content (AvgIpc) is 2.64. The lowest BCUT2D eigenvalue weighted by molar-refractivity contribution is -0.298. The molecule has 9 atom stereocenters. The van der Waals surface area contributed by atoms with Crippen molar-refractivity contribution in [3.8, 4) is 0 Å².